The average molecular weight is 315 g/mol. The molecule has 0 amide bonds. The van der Waals surface area contributed by atoms with Crippen LogP contribution in [0.3, 0.4) is 0 Å². The van der Waals surface area contributed by atoms with Crippen LogP contribution in [0.2, 0.25) is 0 Å². The fraction of sp³-hybridized carbons (Fsp3) is 0.632. The van der Waals surface area contributed by atoms with Crippen molar-refractivity contribution >= 4 is 5.96 Å². The highest BCUT2D eigenvalue weighted by Crippen LogP contribution is 2.47. The third kappa shape index (κ3) is 3.46. The molecule has 0 atom stereocenters. The van der Waals surface area contributed by atoms with Gasteiger partial charge in [0.25, 0.3) is 0 Å². The Hall–Kier alpha value is -1.71. The Morgan fingerprint density at radius 2 is 2.17 bits per heavy atom. The molecule has 1 aliphatic carbocycles. The Kier molecular flexibility index (Phi) is 4.79. The molecule has 2 aliphatic rings. The Labute approximate surface area is 139 Å². The Balaban J connectivity index is 1.51. The number of nitrogens with zero attached hydrogens (tertiary/aromatic N) is 2. The van der Waals surface area contributed by atoms with Crippen LogP contribution in [0, 0.1) is 12.3 Å². The van der Waals surface area contributed by atoms with Gasteiger partial charge in [-0.25, -0.2) is 0 Å². The Morgan fingerprint density at radius 3 is 2.78 bits per heavy atom. The van der Waals surface area contributed by atoms with E-state index in [9.17, 15) is 0 Å². The number of nitrogens with one attached hydrogen (secondary N) is 1. The first-order valence-corrected chi connectivity index (χ1v) is 8.75. The number of ether oxygens (including phenoxy) is 1. The number of aryl methyl sites for hydroxylation is 1. The van der Waals surface area contributed by atoms with Crippen molar-refractivity contribution in [2.24, 2.45) is 10.4 Å². The molecule has 4 nitrogen and oxygen atoms in total. The van der Waals surface area contributed by atoms with Crippen LogP contribution in [0.15, 0.2) is 23.2 Å². The van der Waals surface area contributed by atoms with Gasteiger partial charge in [0, 0.05) is 26.7 Å². The first kappa shape index (κ1) is 16.2. The van der Waals surface area contributed by atoms with Gasteiger partial charge in [-0.2, -0.15) is 0 Å². The maximum atomic E-state index is 5.40. The number of likely N-dealkylation sites (tertiary alicyclic amines) is 1. The van der Waals surface area contributed by atoms with Crippen molar-refractivity contribution < 1.29 is 4.74 Å². The Morgan fingerprint density at radius 1 is 1.35 bits per heavy atom. The number of hydrogen-bond acceptors (Lipinski definition) is 2. The minimum absolute atomic E-state index is 0.613. The number of hydrogen-bond donors (Lipinski definition) is 1. The summed E-state index contributed by atoms with van der Waals surface area (Å²) >= 11 is 0. The van der Waals surface area contributed by atoms with Crippen molar-refractivity contribution in [3.8, 4) is 5.75 Å². The number of rotatable bonds is 4. The molecule has 2 fully saturated rings. The average Bonchev–Trinajstić information content (AvgIpc) is 2.99. The van der Waals surface area contributed by atoms with E-state index >= 15 is 0 Å². The van der Waals surface area contributed by atoms with Crippen molar-refractivity contribution in [3.05, 3.63) is 29.3 Å². The molecule has 1 saturated heterocycles. The van der Waals surface area contributed by atoms with Gasteiger partial charge in [0.2, 0.25) is 0 Å². The predicted molar refractivity (Wildman–Crippen MR) is 95.3 cm³/mol. The Bertz CT molecular complexity index is 578. The first-order chi connectivity index (χ1) is 11.2. The normalized spacial score (nSPS) is 19.8. The molecule has 1 aromatic rings. The summed E-state index contributed by atoms with van der Waals surface area (Å²) in [5.74, 6) is 2.03. The zero-order valence-electron chi connectivity index (χ0n) is 14.7. The van der Waals surface area contributed by atoms with E-state index in [0.717, 1.165) is 31.2 Å². The highest BCUT2D eigenvalue weighted by Gasteiger charge is 2.43. The summed E-state index contributed by atoms with van der Waals surface area (Å²) in [6, 6.07) is 6.45. The number of benzene rings is 1. The van der Waals surface area contributed by atoms with Crippen LogP contribution in [0.1, 0.15) is 36.8 Å². The molecule has 1 heterocycles. The van der Waals surface area contributed by atoms with Gasteiger partial charge in [-0.05, 0) is 55.2 Å². The van der Waals surface area contributed by atoms with Gasteiger partial charge < -0.3 is 15.0 Å². The fourth-order valence-electron chi connectivity index (χ4n) is 3.87. The molecule has 0 aromatic heterocycles. The van der Waals surface area contributed by atoms with Crippen LogP contribution in [0.5, 0.6) is 5.75 Å². The fourth-order valence-corrected chi connectivity index (χ4v) is 3.87. The highest BCUT2D eigenvalue weighted by atomic mass is 16.5. The van der Waals surface area contributed by atoms with Crippen LogP contribution in [0.4, 0.5) is 0 Å². The molecule has 1 N–H and O–H groups in total. The summed E-state index contributed by atoms with van der Waals surface area (Å²) in [7, 11) is 3.62. The van der Waals surface area contributed by atoms with E-state index in [1.165, 1.54) is 43.4 Å². The molecule has 126 valence electrons. The second-order valence-corrected chi connectivity index (χ2v) is 7.05. The zero-order valence-corrected chi connectivity index (χ0v) is 14.7. The van der Waals surface area contributed by atoms with Gasteiger partial charge in [-0.1, -0.05) is 18.6 Å². The van der Waals surface area contributed by atoms with Gasteiger partial charge in [-0.15, -0.1) is 0 Å². The molecule has 23 heavy (non-hydrogen) atoms. The molecule has 4 heteroatoms. The summed E-state index contributed by atoms with van der Waals surface area (Å²) in [4.78, 5) is 6.92. The molecule has 1 saturated carbocycles. The molecule has 1 aromatic carbocycles. The predicted octanol–water partition coefficient (Wildman–Crippen LogP) is 3.00. The second kappa shape index (κ2) is 6.81. The van der Waals surface area contributed by atoms with E-state index in [4.69, 9.17) is 4.74 Å². The third-order valence-corrected chi connectivity index (χ3v) is 5.53. The lowest BCUT2D eigenvalue weighted by Gasteiger charge is -2.38. The van der Waals surface area contributed by atoms with Gasteiger partial charge in [0.05, 0.1) is 7.11 Å². The molecule has 0 unspecified atom stereocenters. The van der Waals surface area contributed by atoms with Gasteiger partial charge >= 0.3 is 0 Å². The second-order valence-electron chi connectivity index (χ2n) is 7.05. The molecular formula is C19H29N3O. The van der Waals surface area contributed by atoms with Crippen molar-refractivity contribution in [2.45, 2.75) is 39.0 Å². The lowest BCUT2D eigenvalue weighted by atomic mass is 9.68. The quantitative estimate of drug-likeness (QED) is 0.685. The molecular weight excluding hydrogens is 286 g/mol. The van der Waals surface area contributed by atoms with E-state index in [0.29, 0.717) is 5.41 Å². The van der Waals surface area contributed by atoms with E-state index in [2.05, 4.69) is 40.3 Å². The van der Waals surface area contributed by atoms with E-state index in [1.54, 1.807) is 7.11 Å². The first-order valence-electron chi connectivity index (χ1n) is 8.75. The van der Waals surface area contributed by atoms with Crippen molar-refractivity contribution in [3.63, 3.8) is 0 Å². The van der Waals surface area contributed by atoms with Gasteiger partial charge in [-0.3, -0.25) is 4.99 Å². The standard InChI is InChI=1S/C19H29N3O/c1-15-5-6-16(13-17(15)23-3)7-11-21-18(20-2)22-12-10-19(14-22)8-4-9-19/h5-6,13H,4,7-12,14H2,1-3H3,(H,20,21). The zero-order chi connectivity index (χ0) is 16.3. The van der Waals surface area contributed by atoms with Crippen molar-refractivity contribution in [1.29, 1.82) is 0 Å². The summed E-state index contributed by atoms with van der Waals surface area (Å²) in [6.07, 6.45) is 6.54. The summed E-state index contributed by atoms with van der Waals surface area (Å²) in [5.41, 5.74) is 3.09. The molecule has 1 spiro atoms. The number of methoxy groups -OCH3 is 1. The minimum Gasteiger partial charge on any atom is -0.496 e. The summed E-state index contributed by atoms with van der Waals surface area (Å²) in [6.45, 7) is 5.32. The molecule has 1 aliphatic heterocycles. The largest absolute Gasteiger partial charge is 0.496 e. The molecule has 0 bridgehead atoms. The van der Waals surface area contributed by atoms with E-state index in [1.807, 2.05) is 7.05 Å². The minimum atomic E-state index is 0.613. The number of guanidine groups is 1. The van der Waals surface area contributed by atoms with Crippen LogP contribution in [-0.2, 0) is 6.42 Å². The lowest BCUT2D eigenvalue weighted by Crippen LogP contribution is -2.43. The maximum Gasteiger partial charge on any atom is 0.193 e. The summed E-state index contributed by atoms with van der Waals surface area (Å²) < 4.78 is 5.40. The van der Waals surface area contributed by atoms with Crippen molar-refractivity contribution in [1.82, 2.24) is 10.2 Å². The monoisotopic (exact) mass is 315 g/mol. The SMILES string of the molecule is CN=C(NCCc1ccc(C)c(OC)c1)N1CCC2(CCC2)C1. The number of aliphatic imine (C=N–C) groups is 1. The smallest absolute Gasteiger partial charge is 0.193 e. The lowest BCUT2D eigenvalue weighted by molar-refractivity contribution is 0.151. The van der Waals surface area contributed by atoms with Crippen LogP contribution in [0.25, 0.3) is 0 Å². The topological polar surface area (TPSA) is 36.9 Å². The summed E-state index contributed by atoms with van der Waals surface area (Å²) in [5, 5.41) is 3.53. The molecule has 0 radical (unpaired) electrons. The van der Waals surface area contributed by atoms with E-state index in [-0.39, 0.29) is 0 Å². The van der Waals surface area contributed by atoms with Gasteiger partial charge in [0.15, 0.2) is 5.96 Å². The van der Waals surface area contributed by atoms with E-state index < -0.39 is 0 Å². The van der Waals surface area contributed by atoms with Crippen LogP contribution in [-0.4, -0.2) is 44.7 Å². The van der Waals surface area contributed by atoms with Crippen molar-refractivity contribution in [2.75, 3.05) is 33.8 Å². The van der Waals surface area contributed by atoms with Crippen LogP contribution < -0.4 is 10.1 Å². The highest BCUT2D eigenvalue weighted by molar-refractivity contribution is 5.80. The maximum absolute atomic E-state index is 5.40. The third-order valence-electron chi connectivity index (χ3n) is 5.53. The van der Waals surface area contributed by atoms with Crippen LogP contribution >= 0.6 is 0 Å². The molecule has 3 rings (SSSR count). The van der Waals surface area contributed by atoms with Gasteiger partial charge in [0.1, 0.15) is 5.75 Å².